The summed E-state index contributed by atoms with van der Waals surface area (Å²) in [6.07, 6.45) is 0.919. The summed E-state index contributed by atoms with van der Waals surface area (Å²) < 4.78 is 5.50. The molecule has 0 bridgehead atoms. The lowest BCUT2D eigenvalue weighted by Crippen LogP contribution is -2.49. The molecule has 3 N–H and O–H groups in total. The number of piperazine rings is 1. The maximum Gasteiger partial charge on any atom is 0.121 e. The van der Waals surface area contributed by atoms with E-state index in [0.717, 1.165) is 17.8 Å². The smallest absolute Gasteiger partial charge is 0.121 e. The molecular weight excluding hydrogens is 489 g/mol. The van der Waals surface area contributed by atoms with Crippen molar-refractivity contribution in [1.29, 1.82) is 0 Å². The van der Waals surface area contributed by atoms with Crippen LogP contribution in [0.25, 0.3) is 0 Å². The molecule has 1 saturated heterocycles. The van der Waals surface area contributed by atoms with E-state index in [9.17, 15) is 10.2 Å². The maximum absolute atomic E-state index is 10.8. The highest BCUT2D eigenvalue weighted by molar-refractivity contribution is 6.33. The molecule has 2 atom stereocenters. The third-order valence-electron chi connectivity index (χ3n) is 6.13. The van der Waals surface area contributed by atoms with Crippen LogP contribution >= 0.6 is 23.2 Å². The van der Waals surface area contributed by atoms with Crippen molar-refractivity contribution in [3.8, 4) is 5.75 Å². The molecule has 2 aromatic carbocycles. The van der Waals surface area contributed by atoms with E-state index < -0.39 is 6.10 Å². The summed E-state index contributed by atoms with van der Waals surface area (Å²) in [6, 6.07) is 16.9. The highest BCUT2D eigenvalue weighted by Crippen LogP contribution is 2.37. The predicted octanol–water partition coefficient (Wildman–Crippen LogP) is 3.85. The van der Waals surface area contributed by atoms with Gasteiger partial charge in [0.1, 0.15) is 12.4 Å². The number of aromatic nitrogens is 1. The molecule has 1 aromatic heterocycles. The fraction of sp³-hybridized carbons (Fsp3) is 0.346. The first kappa shape index (κ1) is 25.7. The van der Waals surface area contributed by atoms with Gasteiger partial charge in [0.15, 0.2) is 0 Å². The van der Waals surface area contributed by atoms with Crippen LogP contribution in [0.4, 0.5) is 5.69 Å². The average Bonchev–Trinajstić information content (AvgIpc) is 2.88. The molecule has 2 heterocycles. The molecule has 9 heteroatoms. The highest BCUT2D eigenvalue weighted by Gasteiger charge is 2.31. The molecular formula is C26H29Cl2N3O4. The van der Waals surface area contributed by atoms with E-state index in [4.69, 9.17) is 33.0 Å². The van der Waals surface area contributed by atoms with Crippen LogP contribution in [0.15, 0.2) is 60.8 Å². The van der Waals surface area contributed by atoms with Gasteiger partial charge in [0.25, 0.3) is 0 Å². The van der Waals surface area contributed by atoms with Gasteiger partial charge < -0.3 is 25.0 Å². The van der Waals surface area contributed by atoms with Crippen molar-refractivity contribution in [1.82, 2.24) is 9.88 Å². The van der Waals surface area contributed by atoms with Crippen LogP contribution in [0.3, 0.4) is 0 Å². The van der Waals surface area contributed by atoms with Gasteiger partial charge in [-0.2, -0.15) is 0 Å². The van der Waals surface area contributed by atoms with Crippen LogP contribution in [0.2, 0.25) is 10.0 Å². The van der Waals surface area contributed by atoms with Crippen LogP contribution in [0.5, 0.6) is 5.75 Å². The monoisotopic (exact) mass is 517 g/mol. The summed E-state index contributed by atoms with van der Waals surface area (Å²) in [5, 5.41) is 30.3. The van der Waals surface area contributed by atoms with Gasteiger partial charge in [-0.25, -0.2) is 0 Å². The zero-order valence-electron chi connectivity index (χ0n) is 19.2. The molecule has 1 aliphatic heterocycles. The minimum Gasteiger partial charge on any atom is -0.491 e. The molecule has 0 aliphatic carbocycles. The van der Waals surface area contributed by atoms with Gasteiger partial charge in [-0.15, -0.1) is 0 Å². The number of pyridine rings is 1. The molecule has 0 radical (unpaired) electrons. The maximum atomic E-state index is 10.8. The molecule has 4 rings (SSSR count). The van der Waals surface area contributed by atoms with Gasteiger partial charge >= 0.3 is 0 Å². The molecule has 0 unspecified atom stereocenters. The SMILES string of the molecule is OCCOc1ccc(N2CCN(C[C@@H](O)c3ccc(CO)nc3)C[C@H]2c2ccc(Cl)cc2)c(Cl)c1. The van der Waals surface area contributed by atoms with Crippen molar-refractivity contribution in [3.63, 3.8) is 0 Å². The molecule has 3 aromatic rings. The number of β-amino-alcohol motifs (C(OH)–C–C–N with tert-alkyl or cyclic N) is 1. The lowest BCUT2D eigenvalue weighted by atomic mass is 10.0. The van der Waals surface area contributed by atoms with Gasteiger partial charge in [0.2, 0.25) is 0 Å². The summed E-state index contributed by atoms with van der Waals surface area (Å²) >= 11 is 12.8. The number of aliphatic hydroxyl groups excluding tert-OH is 3. The molecule has 1 aliphatic rings. The Hall–Kier alpha value is -2.39. The summed E-state index contributed by atoms with van der Waals surface area (Å²) in [5.41, 5.74) is 3.28. The van der Waals surface area contributed by atoms with Crippen molar-refractivity contribution in [2.24, 2.45) is 0 Å². The zero-order chi connectivity index (χ0) is 24.8. The number of halogens is 2. The molecule has 1 fully saturated rings. The second-order valence-corrected chi connectivity index (χ2v) is 9.31. The number of hydrogen-bond donors (Lipinski definition) is 3. The second-order valence-electron chi connectivity index (χ2n) is 8.46. The Morgan fingerprint density at radius 2 is 1.83 bits per heavy atom. The average molecular weight is 518 g/mol. The lowest BCUT2D eigenvalue weighted by molar-refractivity contribution is 0.100. The van der Waals surface area contributed by atoms with Crippen molar-refractivity contribution < 1.29 is 20.1 Å². The second kappa shape index (κ2) is 12.0. The lowest BCUT2D eigenvalue weighted by Gasteiger charge is -2.44. The normalized spacial score (nSPS) is 17.4. The Bertz CT molecular complexity index is 1100. The summed E-state index contributed by atoms with van der Waals surface area (Å²) in [7, 11) is 0. The Morgan fingerprint density at radius 1 is 1.03 bits per heavy atom. The van der Waals surface area contributed by atoms with Crippen molar-refractivity contribution >= 4 is 28.9 Å². The summed E-state index contributed by atoms with van der Waals surface area (Å²) in [4.78, 5) is 8.68. The number of hydrogen-bond acceptors (Lipinski definition) is 7. The number of aliphatic hydroxyl groups is 3. The van der Waals surface area contributed by atoms with Gasteiger partial charge in [0.05, 0.1) is 41.8 Å². The summed E-state index contributed by atoms with van der Waals surface area (Å²) in [5.74, 6) is 0.610. The zero-order valence-corrected chi connectivity index (χ0v) is 20.7. The Morgan fingerprint density at radius 3 is 2.49 bits per heavy atom. The van der Waals surface area contributed by atoms with E-state index >= 15 is 0 Å². The third kappa shape index (κ3) is 6.44. The van der Waals surface area contributed by atoms with E-state index in [2.05, 4.69) is 14.8 Å². The quantitative estimate of drug-likeness (QED) is 0.397. The van der Waals surface area contributed by atoms with Gasteiger partial charge in [-0.1, -0.05) is 41.4 Å². The minimum atomic E-state index is -0.695. The first-order valence-electron chi connectivity index (χ1n) is 11.5. The van der Waals surface area contributed by atoms with E-state index in [1.54, 1.807) is 24.4 Å². The number of benzene rings is 2. The van der Waals surface area contributed by atoms with Crippen LogP contribution in [0.1, 0.15) is 29.0 Å². The number of nitrogens with zero attached hydrogens (tertiary/aromatic N) is 3. The van der Waals surface area contributed by atoms with Crippen LogP contribution in [-0.2, 0) is 6.61 Å². The first-order valence-corrected chi connectivity index (χ1v) is 12.3. The Balaban J connectivity index is 1.54. The van der Waals surface area contributed by atoms with Crippen molar-refractivity contribution in [3.05, 3.63) is 87.7 Å². The van der Waals surface area contributed by atoms with E-state index in [1.165, 1.54) is 0 Å². The van der Waals surface area contributed by atoms with E-state index in [-0.39, 0.29) is 25.9 Å². The molecule has 0 amide bonds. The number of rotatable bonds is 9. The molecule has 0 saturated carbocycles. The van der Waals surface area contributed by atoms with Gasteiger partial charge in [-0.3, -0.25) is 9.88 Å². The van der Waals surface area contributed by atoms with Crippen LogP contribution in [0, 0.1) is 0 Å². The van der Waals surface area contributed by atoms with Gasteiger partial charge in [-0.05, 0) is 35.9 Å². The first-order chi connectivity index (χ1) is 17.0. The third-order valence-corrected chi connectivity index (χ3v) is 6.69. The van der Waals surface area contributed by atoms with Gasteiger partial charge in [0, 0.05) is 49.0 Å². The molecule has 35 heavy (non-hydrogen) atoms. The fourth-order valence-corrected chi connectivity index (χ4v) is 4.72. The Kier molecular flexibility index (Phi) is 8.83. The highest BCUT2D eigenvalue weighted by atomic mass is 35.5. The topological polar surface area (TPSA) is 89.3 Å². The van der Waals surface area contributed by atoms with E-state index in [0.29, 0.717) is 46.7 Å². The number of anilines is 1. The Labute approximate surface area is 215 Å². The molecule has 0 spiro atoms. The molecule has 7 nitrogen and oxygen atoms in total. The minimum absolute atomic E-state index is 0.00943. The molecule has 186 valence electrons. The van der Waals surface area contributed by atoms with Crippen molar-refractivity contribution in [2.45, 2.75) is 18.8 Å². The van der Waals surface area contributed by atoms with Crippen LogP contribution < -0.4 is 9.64 Å². The summed E-state index contributed by atoms with van der Waals surface area (Å²) in [6.45, 7) is 2.61. The van der Waals surface area contributed by atoms with Crippen molar-refractivity contribution in [2.75, 3.05) is 44.3 Å². The number of ether oxygens (including phenoxy) is 1. The fourth-order valence-electron chi connectivity index (χ4n) is 4.31. The van der Waals surface area contributed by atoms with Crippen LogP contribution in [-0.4, -0.2) is 64.6 Å². The largest absolute Gasteiger partial charge is 0.491 e. The predicted molar refractivity (Wildman–Crippen MR) is 137 cm³/mol. The standard InChI is InChI=1S/C26H29Cl2N3O4/c27-20-4-1-18(2-5-20)25-15-30(16-26(34)19-3-6-21(17-33)29-14-19)9-10-31(25)24-8-7-22(13-23(24)28)35-12-11-32/h1-8,13-14,25-26,32-34H,9-12,15-17H2/t25-,26+/m0/s1. The van der Waals surface area contributed by atoms with E-state index in [1.807, 2.05) is 36.4 Å².